The Morgan fingerprint density at radius 3 is 1.95 bits per heavy atom. The molecule has 1 fully saturated rings. The third-order valence-electron chi connectivity index (χ3n) is 6.34. The molecule has 16 heteroatoms. The van der Waals surface area contributed by atoms with Crippen molar-refractivity contribution in [3.05, 3.63) is 77.1 Å². The van der Waals surface area contributed by atoms with Gasteiger partial charge in [0.05, 0.1) is 21.7 Å². The van der Waals surface area contributed by atoms with Gasteiger partial charge in [0.15, 0.2) is 5.82 Å². The van der Waals surface area contributed by atoms with Gasteiger partial charge in [0.1, 0.15) is 0 Å². The molecule has 7 nitrogen and oxygen atoms in total. The van der Waals surface area contributed by atoms with Crippen LogP contribution in [0.3, 0.4) is 0 Å². The van der Waals surface area contributed by atoms with Crippen LogP contribution in [0.2, 0.25) is 0 Å². The number of hydrogen-bond donors (Lipinski definition) is 1. The van der Waals surface area contributed by atoms with E-state index in [1.807, 2.05) is 0 Å². The van der Waals surface area contributed by atoms with Crippen LogP contribution >= 0.6 is 0 Å². The van der Waals surface area contributed by atoms with Crippen molar-refractivity contribution in [1.82, 2.24) is 14.3 Å². The van der Waals surface area contributed by atoms with Crippen LogP contribution in [0.1, 0.15) is 35.2 Å². The molecule has 3 aromatic rings. The lowest BCUT2D eigenvalue weighted by molar-refractivity contribution is -0.143. The van der Waals surface area contributed by atoms with Crippen LogP contribution in [-0.2, 0) is 27.2 Å². The summed E-state index contributed by atoms with van der Waals surface area (Å²) in [4.78, 5) is 19.7. The second-order valence-electron chi connectivity index (χ2n) is 9.31. The number of aromatic nitrogens is 2. The highest BCUT2D eigenvalue weighted by atomic mass is 32.2. The lowest BCUT2D eigenvalue weighted by Crippen LogP contribution is -2.42. The van der Waals surface area contributed by atoms with Crippen LogP contribution in [0.25, 0.3) is 23.0 Å². The molecule has 0 radical (unpaired) electrons. The van der Waals surface area contributed by atoms with Gasteiger partial charge in [-0.15, -0.1) is 0 Å². The summed E-state index contributed by atoms with van der Waals surface area (Å²) < 4.78 is 133. The van der Waals surface area contributed by atoms with E-state index in [0.717, 1.165) is 28.7 Å². The quantitative estimate of drug-likeness (QED) is 0.284. The number of amides is 1. The molecule has 1 aliphatic rings. The Balaban J connectivity index is 1.67. The van der Waals surface area contributed by atoms with Crippen LogP contribution < -0.4 is 5.73 Å². The molecule has 0 bridgehead atoms. The molecule has 1 amide bonds. The third-order valence-corrected chi connectivity index (χ3v) is 8.25. The number of nitrogens with two attached hydrogens (primary N) is 1. The molecule has 42 heavy (non-hydrogen) atoms. The SMILES string of the molecule is NC(=O)/C(=C/c1ccnc(-c2cc(C(F)(F)F)cc(C(F)(F)F)c2)n1)c1ccc(S(=O)(=O)N2CCC(F)(F)CC2)cc1. The molecule has 0 unspecified atom stereocenters. The first-order valence-electron chi connectivity index (χ1n) is 12.0. The smallest absolute Gasteiger partial charge is 0.366 e. The third kappa shape index (κ3) is 6.92. The number of benzene rings is 2. The van der Waals surface area contributed by atoms with Crippen molar-refractivity contribution in [1.29, 1.82) is 0 Å². The Labute approximate surface area is 233 Å². The molecule has 1 saturated heterocycles. The van der Waals surface area contributed by atoms with Gasteiger partial charge in [-0.3, -0.25) is 4.79 Å². The highest BCUT2D eigenvalue weighted by Gasteiger charge is 2.39. The fraction of sp³-hybridized carbons (Fsp3) is 0.269. The lowest BCUT2D eigenvalue weighted by atomic mass is 10.0. The Morgan fingerprint density at radius 2 is 1.45 bits per heavy atom. The summed E-state index contributed by atoms with van der Waals surface area (Å²) >= 11 is 0. The maximum absolute atomic E-state index is 13.4. The van der Waals surface area contributed by atoms with Gasteiger partial charge in [-0.25, -0.2) is 27.2 Å². The van der Waals surface area contributed by atoms with Gasteiger partial charge in [-0.2, -0.15) is 30.6 Å². The molecule has 1 aliphatic heterocycles. The summed E-state index contributed by atoms with van der Waals surface area (Å²) in [5.41, 5.74) is 1.53. The highest BCUT2D eigenvalue weighted by Crippen LogP contribution is 2.38. The van der Waals surface area contributed by atoms with E-state index in [9.17, 15) is 48.3 Å². The van der Waals surface area contributed by atoms with E-state index in [4.69, 9.17) is 5.73 Å². The summed E-state index contributed by atoms with van der Waals surface area (Å²) in [6, 6.07) is 6.82. The molecular weight excluding hydrogens is 600 g/mol. The molecule has 4 rings (SSSR count). The van der Waals surface area contributed by atoms with Crippen molar-refractivity contribution in [2.75, 3.05) is 13.1 Å². The van der Waals surface area contributed by atoms with E-state index in [-0.39, 0.29) is 40.9 Å². The molecule has 0 atom stereocenters. The van der Waals surface area contributed by atoms with Crippen LogP contribution in [-0.4, -0.2) is 47.6 Å². The molecular formula is C26H20F8N4O3S. The Kier molecular flexibility index (Phi) is 8.17. The van der Waals surface area contributed by atoms with Crippen LogP contribution in [0.4, 0.5) is 35.1 Å². The predicted molar refractivity (Wildman–Crippen MR) is 134 cm³/mol. The number of primary amides is 1. The van der Waals surface area contributed by atoms with Crippen LogP contribution in [0.5, 0.6) is 0 Å². The zero-order valence-corrected chi connectivity index (χ0v) is 22.0. The second-order valence-corrected chi connectivity index (χ2v) is 11.2. The molecule has 0 spiro atoms. The summed E-state index contributed by atoms with van der Waals surface area (Å²) in [5, 5.41) is 0. The number of halogens is 8. The minimum atomic E-state index is -5.09. The monoisotopic (exact) mass is 620 g/mol. The zero-order valence-electron chi connectivity index (χ0n) is 21.2. The van der Waals surface area contributed by atoms with Crippen molar-refractivity contribution in [2.24, 2.45) is 5.73 Å². The van der Waals surface area contributed by atoms with Gasteiger partial charge in [-0.1, -0.05) is 12.1 Å². The summed E-state index contributed by atoms with van der Waals surface area (Å²) in [7, 11) is -4.11. The van der Waals surface area contributed by atoms with E-state index >= 15 is 0 Å². The number of carbonyl (C=O) groups is 1. The van der Waals surface area contributed by atoms with Gasteiger partial charge in [0, 0.05) is 43.3 Å². The minimum absolute atomic E-state index is 0.0388. The average molecular weight is 621 g/mol. The number of nitrogens with zero attached hydrogens (tertiary/aromatic N) is 3. The van der Waals surface area contributed by atoms with Crippen molar-refractivity contribution in [3.8, 4) is 11.4 Å². The van der Waals surface area contributed by atoms with E-state index in [0.29, 0.717) is 12.1 Å². The number of alkyl halides is 8. The van der Waals surface area contributed by atoms with Crippen LogP contribution in [0, 0.1) is 0 Å². The number of sulfonamides is 1. The van der Waals surface area contributed by atoms with E-state index < -0.39 is 69.6 Å². The predicted octanol–water partition coefficient (Wildman–Crippen LogP) is 5.63. The molecule has 0 aliphatic carbocycles. The number of carbonyl (C=O) groups excluding carboxylic acids is 1. The maximum atomic E-state index is 13.4. The van der Waals surface area contributed by atoms with Gasteiger partial charge in [0.25, 0.3) is 5.92 Å². The summed E-state index contributed by atoms with van der Waals surface area (Å²) in [6.45, 7) is -0.758. The molecule has 224 valence electrons. The molecule has 1 aromatic heterocycles. The normalized spacial score (nSPS) is 16.8. The fourth-order valence-electron chi connectivity index (χ4n) is 4.13. The van der Waals surface area contributed by atoms with Gasteiger partial charge < -0.3 is 5.73 Å². The standard InChI is InChI=1S/C26H20F8N4O3S/c27-24(28)6-9-38(10-7-24)42(40,41)20-3-1-15(2-4-20)21(22(35)39)14-19-5-8-36-23(37-19)16-11-17(25(29,30)31)13-18(12-16)26(32,33)34/h1-5,8,11-14H,6-7,9-10H2,(H2,35,39)/b21-14+. The second kappa shape index (κ2) is 11.1. The van der Waals surface area contributed by atoms with Crippen molar-refractivity contribution in [2.45, 2.75) is 36.0 Å². The largest absolute Gasteiger partial charge is 0.416 e. The fourth-order valence-corrected chi connectivity index (χ4v) is 5.57. The maximum Gasteiger partial charge on any atom is 0.416 e. The van der Waals surface area contributed by atoms with Crippen LogP contribution in [0.15, 0.2) is 59.6 Å². The number of hydrogen-bond acceptors (Lipinski definition) is 5. The minimum Gasteiger partial charge on any atom is -0.366 e. The molecule has 2 heterocycles. The Bertz CT molecular complexity index is 1590. The number of rotatable bonds is 6. The molecule has 2 N–H and O–H groups in total. The average Bonchev–Trinajstić information content (AvgIpc) is 2.90. The number of piperidine rings is 1. The highest BCUT2D eigenvalue weighted by molar-refractivity contribution is 7.89. The lowest BCUT2D eigenvalue weighted by Gasteiger charge is -2.30. The van der Waals surface area contributed by atoms with E-state index in [1.54, 1.807) is 0 Å². The van der Waals surface area contributed by atoms with Gasteiger partial charge in [-0.05, 0) is 48.0 Å². The first kappa shape index (κ1) is 31.0. The van der Waals surface area contributed by atoms with Crippen molar-refractivity contribution >= 4 is 27.6 Å². The van der Waals surface area contributed by atoms with Crippen molar-refractivity contribution < 1.29 is 48.3 Å². The zero-order chi connectivity index (χ0) is 31.1. The molecule has 0 saturated carbocycles. The summed E-state index contributed by atoms with van der Waals surface area (Å²) in [5.74, 6) is -4.47. The molecule has 2 aromatic carbocycles. The first-order valence-corrected chi connectivity index (χ1v) is 13.4. The Hall–Kier alpha value is -3.92. The summed E-state index contributed by atoms with van der Waals surface area (Å²) in [6.07, 6.45) is -9.29. The van der Waals surface area contributed by atoms with E-state index in [1.165, 1.54) is 18.2 Å². The first-order chi connectivity index (χ1) is 19.4. The topological polar surface area (TPSA) is 106 Å². The Morgan fingerprint density at radius 1 is 0.905 bits per heavy atom. The van der Waals surface area contributed by atoms with Gasteiger partial charge in [0.2, 0.25) is 15.9 Å². The van der Waals surface area contributed by atoms with Gasteiger partial charge >= 0.3 is 12.4 Å². The van der Waals surface area contributed by atoms with Crippen molar-refractivity contribution in [3.63, 3.8) is 0 Å². The van der Waals surface area contributed by atoms with E-state index in [2.05, 4.69) is 9.97 Å².